The minimum atomic E-state index is 0.331. The first-order chi connectivity index (χ1) is 7.79. The first-order valence-electron chi connectivity index (χ1n) is 5.67. The van der Waals surface area contributed by atoms with Gasteiger partial charge in [-0.3, -0.25) is 4.79 Å². The number of nitrogens with zero attached hydrogens (tertiary/aromatic N) is 1. The van der Waals surface area contributed by atoms with Crippen molar-refractivity contribution in [3.63, 3.8) is 0 Å². The zero-order valence-electron chi connectivity index (χ0n) is 9.23. The molecule has 2 nitrogen and oxygen atoms in total. The molecule has 86 valence electrons. The molecule has 0 radical (unpaired) electrons. The van der Waals surface area contributed by atoms with Gasteiger partial charge in [-0.15, -0.1) is 0 Å². The van der Waals surface area contributed by atoms with Crippen molar-refractivity contribution in [2.24, 2.45) is 5.92 Å². The van der Waals surface area contributed by atoms with Crippen LogP contribution in [0.15, 0.2) is 30.3 Å². The van der Waals surface area contributed by atoms with Crippen molar-refractivity contribution in [3.8, 4) is 0 Å². The van der Waals surface area contributed by atoms with Crippen LogP contribution in [0.4, 0.5) is 0 Å². The fourth-order valence-corrected chi connectivity index (χ4v) is 2.67. The van der Waals surface area contributed by atoms with Crippen LogP contribution in [0.3, 0.4) is 0 Å². The minimum absolute atomic E-state index is 0.331. The molecule has 16 heavy (non-hydrogen) atoms. The Kier molecular flexibility index (Phi) is 4.21. The van der Waals surface area contributed by atoms with Gasteiger partial charge >= 0.3 is 0 Å². The third kappa shape index (κ3) is 2.97. The standard InChI is InChI=1S/C13H16INO/c14-9-12-8-13(16)15(10-12)7-6-11-4-2-1-3-5-11/h1-5,12H,6-10H2/t12-/m1/s1. The van der Waals surface area contributed by atoms with Crippen LogP contribution in [-0.4, -0.2) is 28.3 Å². The first kappa shape index (κ1) is 11.9. The Labute approximate surface area is 110 Å². The Morgan fingerprint density at radius 2 is 2.06 bits per heavy atom. The lowest BCUT2D eigenvalue weighted by molar-refractivity contribution is -0.127. The Morgan fingerprint density at radius 1 is 1.31 bits per heavy atom. The van der Waals surface area contributed by atoms with Crippen molar-refractivity contribution < 1.29 is 4.79 Å². The van der Waals surface area contributed by atoms with Crippen LogP contribution in [0.1, 0.15) is 12.0 Å². The van der Waals surface area contributed by atoms with Crippen LogP contribution in [0.2, 0.25) is 0 Å². The molecule has 0 spiro atoms. The van der Waals surface area contributed by atoms with Crippen molar-refractivity contribution in [2.45, 2.75) is 12.8 Å². The molecule has 0 aliphatic carbocycles. The average molecular weight is 329 g/mol. The molecule has 1 aliphatic heterocycles. The lowest BCUT2D eigenvalue weighted by Crippen LogP contribution is -2.27. The molecule has 0 unspecified atom stereocenters. The molecule has 0 N–H and O–H groups in total. The Bertz CT molecular complexity index is 352. The number of carbonyl (C=O) groups excluding carboxylic acids is 1. The number of likely N-dealkylation sites (tertiary alicyclic amines) is 1. The van der Waals surface area contributed by atoms with Crippen molar-refractivity contribution >= 4 is 28.5 Å². The molecule has 3 heteroatoms. The fourth-order valence-electron chi connectivity index (χ4n) is 2.08. The van der Waals surface area contributed by atoms with Gasteiger partial charge in [0.1, 0.15) is 0 Å². The maximum absolute atomic E-state index is 11.7. The van der Waals surface area contributed by atoms with Gasteiger partial charge in [0, 0.05) is 23.9 Å². The van der Waals surface area contributed by atoms with E-state index in [-0.39, 0.29) is 0 Å². The number of hydrogen-bond acceptors (Lipinski definition) is 1. The number of hydrogen-bond donors (Lipinski definition) is 0. The number of rotatable bonds is 4. The zero-order valence-corrected chi connectivity index (χ0v) is 11.4. The largest absolute Gasteiger partial charge is 0.342 e. The minimum Gasteiger partial charge on any atom is -0.342 e. The van der Waals surface area contributed by atoms with Gasteiger partial charge in [0.15, 0.2) is 0 Å². The maximum Gasteiger partial charge on any atom is 0.222 e. The highest BCUT2D eigenvalue weighted by Gasteiger charge is 2.27. The molecule has 1 fully saturated rings. The van der Waals surface area contributed by atoms with Gasteiger partial charge in [-0.25, -0.2) is 0 Å². The Balaban J connectivity index is 1.85. The van der Waals surface area contributed by atoms with Crippen LogP contribution in [0.25, 0.3) is 0 Å². The Morgan fingerprint density at radius 3 is 2.69 bits per heavy atom. The zero-order chi connectivity index (χ0) is 11.4. The summed E-state index contributed by atoms with van der Waals surface area (Å²) >= 11 is 2.37. The van der Waals surface area contributed by atoms with Crippen molar-refractivity contribution in [2.75, 3.05) is 17.5 Å². The second kappa shape index (κ2) is 5.66. The van der Waals surface area contributed by atoms with Crippen LogP contribution >= 0.6 is 22.6 Å². The third-order valence-corrected chi connectivity index (χ3v) is 4.27. The molecular weight excluding hydrogens is 313 g/mol. The number of halogens is 1. The number of amides is 1. The average Bonchev–Trinajstić information content (AvgIpc) is 2.69. The van der Waals surface area contributed by atoms with Gasteiger partial charge in [-0.05, 0) is 17.9 Å². The molecule has 1 aromatic rings. The molecule has 1 atom stereocenters. The van der Waals surface area contributed by atoms with Gasteiger partial charge in [0.25, 0.3) is 0 Å². The maximum atomic E-state index is 11.7. The fraction of sp³-hybridized carbons (Fsp3) is 0.462. The first-order valence-corrected chi connectivity index (χ1v) is 7.20. The number of benzene rings is 1. The molecule has 1 amide bonds. The van der Waals surface area contributed by atoms with Gasteiger partial charge in [0.05, 0.1) is 0 Å². The smallest absolute Gasteiger partial charge is 0.222 e. The second-order valence-electron chi connectivity index (χ2n) is 4.30. The molecule has 1 heterocycles. The van der Waals surface area contributed by atoms with E-state index >= 15 is 0 Å². The van der Waals surface area contributed by atoms with Crippen molar-refractivity contribution in [1.82, 2.24) is 4.90 Å². The predicted octanol–water partition coefficient (Wildman–Crippen LogP) is 2.51. The van der Waals surface area contributed by atoms with E-state index in [1.165, 1.54) is 5.56 Å². The third-order valence-electron chi connectivity index (χ3n) is 3.03. The van der Waals surface area contributed by atoms with Crippen molar-refractivity contribution in [3.05, 3.63) is 35.9 Å². The summed E-state index contributed by atoms with van der Waals surface area (Å²) in [6, 6.07) is 10.4. The summed E-state index contributed by atoms with van der Waals surface area (Å²) in [6.07, 6.45) is 1.72. The molecule has 1 aliphatic rings. The molecule has 0 saturated carbocycles. The van der Waals surface area contributed by atoms with Gasteiger partial charge in [-0.2, -0.15) is 0 Å². The molecule has 0 bridgehead atoms. The summed E-state index contributed by atoms with van der Waals surface area (Å²) in [7, 11) is 0. The molecule has 1 aromatic carbocycles. The molecule has 0 aromatic heterocycles. The monoisotopic (exact) mass is 329 g/mol. The van der Waals surface area contributed by atoms with E-state index in [4.69, 9.17) is 0 Å². The van der Waals surface area contributed by atoms with Crippen molar-refractivity contribution in [1.29, 1.82) is 0 Å². The lowest BCUT2D eigenvalue weighted by atomic mass is 10.1. The topological polar surface area (TPSA) is 20.3 Å². The number of alkyl halides is 1. The normalized spacial score (nSPS) is 20.4. The second-order valence-corrected chi connectivity index (χ2v) is 5.18. The van der Waals surface area contributed by atoms with E-state index < -0.39 is 0 Å². The van der Waals surface area contributed by atoms with Crippen LogP contribution in [0, 0.1) is 5.92 Å². The SMILES string of the molecule is O=C1C[C@H](CI)CN1CCc1ccccc1. The van der Waals surface area contributed by atoms with Gasteiger partial charge < -0.3 is 4.90 Å². The van der Waals surface area contributed by atoms with Crippen LogP contribution in [0.5, 0.6) is 0 Å². The van der Waals surface area contributed by atoms with Gasteiger partial charge in [-0.1, -0.05) is 52.9 Å². The number of carbonyl (C=O) groups is 1. The Hall–Kier alpha value is -0.580. The summed E-state index contributed by atoms with van der Waals surface area (Å²) in [6.45, 7) is 1.82. The molecular formula is C13H16INO. The molecule has 2 rings (SSSR count). The van der Waals surface area contributed by atoms with Crippen LogP contribution < -0.4 is 0 Å². The highest BCUT2D eigenvalue weighted by Crippen LogP contribution is 2.19. The predicted molar refractivity (Wildman–Crippen MR) is 73.7 cm³/mol. The quantitative estimate of drug-likeness (QED) is 0.614. The summed E-state index contributed by atoms with van der Waals surface area (Å²) in [5.41, 5.74) is 1.31. The summed E-state index contributed by atoms with van der Waals surface area (Å²) in [5, 5.41) is 0. The summed E-state index contributed by atoms with van der Waals surface area (Å²) < 4.78 is 1.09. The van der Waals surface area contributed by atoms with E-state index in [1.807, 2.05) is 11.0 Å². The molecule has 1 saturated heterocycles. The highest BCUT2D eigenvalue weighted by atomic mass is 127. The van der Waals surface area contributed by atoms with Gasteiger partial charge in [0.2, 0.25) is 5.91 Å². The highest BCUT2D eigenvalue weighted by molar-refractivity contribution is 14.1. The van der Waals surface area contributed by atoms with E-state index in [0.29, 0.717) is 11.8 Å². The summed E-state index contributed by atoms with van der Waals surface area (Å²) in [4.78, 5) is 13.7. The van der Waals surface area contributed by atoms with E-state index in [2.05, 4.69) is 46.9 Å². The van der Waals surface area contributed by atoms with Crippen LogP contribution in [-0.2, 0) is 11.2 Å². The summed E-state index contributed by atoms with van der Waals surface area (Å²) in [5.74, 6) is 0.904. The lowest BCUT2D eigenvalue weighted by Gasteiger charge is -2.16. The van der Waals surface area contributed by atoms with E-state index in [1.54, 1.807) is 0 Å². The van der Waals surface area contributed by atoms with E-state index in [0.717, 1.165) is 30.4 Å². The van der Waals surface area contributed by atoms with E-state index in [9.17, 15) is 4.79 Å².